The zero-order valence-corrected chi connectivity index (χ0v) is 16.4. The summed E-state index contributed by atoms with van der Waals surface area (Å²) in [4.78, 5) is 21.1. The standard InChI is InChI=1S/C21H26N4O3/c1-15-3-5-19(11-16(15)2)28-20-6-4-17(12-22-20)23-21(26)25-8-7-24-9-10-27-14-18(24)13-25/h3-6,11-12,18H,7-10,13-14H2,1-2H3,(H,23,26). The van der Waals surface area contributed by atoms with E-state index in [-0.39, 0.29) is 6.03 Å². The third-order valence-corrected chi connectivity index (χ3v) is 5.41. The Balaban J connectivity index is 1.33. The van der Waals surface area contributed by atoms with Crippen molar-refractivity contribution in [3.63, 3.8) is 0 Å². The molecule has 2 aliphatic heterocycles. The van der Waals surface area contributed by atoms with Gasteiger partial charge in [0, 0.05) is 32.2 Å². The number of urea groups is 1. The molecule has 0 radical (unpaired) electrons. The molecule has 0 bridgehead atoms. The predicted molar refractivity (Wildman–Crippen MR) is 107 cm³/mol. The third-order valence-electron chi connectivity index (χ3n) is 5.41. The maximum atomic E-state index is 12.6. The van der Waals surface area contributed by atoms with Gasteiger partial charge in [0.1, 0.15) is 5.75 Å². The van der Waals surface area contributed by atoms with E-state index in [0.717, 1.165) is 32.0 Å². The molecule has 7 nitrogen and oxygen atoms in total. The molecule has 0 saturated carbocycles. The van der Waals surface area contributed by atoms with Gasteiger partial charge >= 0.3 is 6.03 Å². The van der Waals surface area contributed by atoms with Crippen LogP contribution in [0.3, 0.4) is 0 Å². The first kappa shape index (κ1) is 18.7. The van der Waals surface area contributed by atoms with Crippen molar-refractivity contribution in [2.24, 2.45) is 0 Å². The van der Waals surface area contributed by atoms with Crippen molar-refractivity contribution in [3.05, 3.63) is 47.7 Å². The van der Waals surface area contributed by atoms with Gasteiger partial charge in [-0.25, -0.2) is 9.78 Å². The number of pyridine rings is 1. The van der Waals surface area contributed by atoms with Gasteiger partial charge < -0.3 is 19.7 Å². The van der Waals surface area contributed by atoms with E-state index in [0.29, 0.717) is 30.8 Å². The summed E-state index contributed by atoms with van der Waals surface area (Å²) in [5.74, 6) is 1.24. The Morgan fingerprint density at radius 1 is 1.18 bits per heavy atom. The Kier molecular flexibility index (Phi) is 5.45. The zero-order valence-electron chi connectivity index (χ0n) is 16.4. The Hall–Kier alpha value is -2.64. The average Bonchev–Trinajstić information content (AvgIpc) is 2.72. The minimum Gasteiger partial charge on any atom is -0.439 e. The van der Waals surface area contributed by atoms with Crippen LogP contribution in [0, 0.1) is 13.8 Å². The molecule has 148 valence electrons. The highest BCUT2D eigenvalue weighted by Crippen LogP contribution is 2.23. The fraction of sp³-hybridized carbons (Fsp3) is 0.429. The molecule has 2 amide bonds. The van der Waals surface area contributed by atoms with Crippen molar-refractivity contribution in [2.45, 2.75) is 19.9 Å². The van der Waals surface area contributed by atoms with Crippen LogP contribution in [0.2, 0.25) is 0 Å². The van der Waals surface area contributed by atoms with Crippen molar-refractivity contribution in [2.75, 3.05) is 44.7 Å². The van der Waals surface area contributed by atoms with Crippen molar-refractivity contribution >= 4 is 11.7 Å². The predicted octanol–water partition coefficient (Wildman–Crippen LogP) is 3.04. The highest BCUT2D eigenvalue weighted by molar-refractivity contribution is 5.89. The molecule has 1 unspecified atom stereocenters. The Labute approximate surface area is 165 Å². The smallest absolute Gasteiger partial charge is 0.321 e. The van der Waals surface area contributed by atoms with Crippen LogP contribution in [0.15, 0.2) is 36.5 Å². The van der Waals surface area contributed by atoms with E-state index in [9.17, 15) is 4.79 Å². The van der Waals surface area contributed by atoms with E-state index in [1.54, 1.807) is 18.3 Å². The number of aromatic nitrogens is 1. The van der Waals surface area contributed by atoms with Crippen LogP contribution in [0.4, 0.5) is 10.5 Å². The number of nitrogens with zero attached hydrogens (tertiary/aromatic N) is 3. The maximum absolute atomic E-state index is 12.6. The van der Waals surface area contributed by atoms with Gasteiger partial charge in [0.2, 0.25) is 5.88 Å². The number of fused-ring (bicyclic) bond motifs is 1. The second kappa shape index (κ2) is 8.16. The summed E-state index contributed by atoms with van der Waals surface area (Å²) in [5, 5.41) is 2.92. The number of benzene rings is 1. The lowest BCUT2D eigenvalue weighted by Crippen LogP contribution is -2.59. The number of aryl methyl sites for hydroxylation is 2. The number of anilines is 1. The summed E-state index contributed by atoms with van der Waals surface area (Å²) in [7, 11) is 0. The normalized spacial score (nSPS) is 19.8. The number of hydrogen-bond acceptors (Lipinski definition) is 5. The van der Waals surface area contributed by atoms with E-state index in [1.165, 1.54) is 11.1 Å². The molecule has 0 aliphatic carbocycles. The molecule has 28 heavy (non-hydrogen) atoms. The molecule has 1 aromatic carbocycles. The van der Waals surface area contributed by atoms with E-state index in [4.69, 9.17) is 9.47 Å². The van der Waals surface area contributed by atoms with Crippen LogP contribution in [-0.4, -0.2) is 66.2 Å². The van der Waals surface area contributed by atoms with Gasteiger partial charge in [-0.2, -0.15) is 0 Å². The molecule has 2 fully saturated rings. The topological polar surface area (TPSA) is 66.9 Å². The number of nitrogens with one attached hydrogen (secondary N) is 1. The molecule has 2 aromatic rings. The fourth-order valence-electron chi connectivity index (χ4n) is 3.55. The van der Waals surface area contributed by atoms with Crippen LogP contribution < -0.4 is 10.1 Å². The van der Waals surface area contributed by atoms with E-state index in [2.05, 4.69) is 22.1 Å². The number of rotatable bonds is 3. The Bertz CT molecular complexity index is 840. The number of piperazine rings is 1. The van der Waals surface area contributed by atoms with Crippen LogP contribution in [-0.2, 0) is 4.74 Å². The third kappa shape index (κ3) is 4.26. The maximum Gasteiger partial charge on any atom is 0.321 e. The molecular formula is C21H26N4O3. The lowest BCUT2D eigenvalue weighted by Gasteiger charge is -2.43. The van der Waals surface area contributed by atoms with Gasteiger partial charge in [-0.05, 0) is 43.2 Å². The summed E-state index contributed by atoms with van der Waals surface area (Å²) < 4.78 is 11.3. The van der Waals surface area contributed by atoms with E-state index in [1.807, 2.05) is 30.0 Å². The van der Waals surface area contributed by atoms with Gasteiger partial charge in [0.25, 0.3) is 0 Å². The SMILES string of the molecule is Cc1ccc(Oc2ccc(NC(=O)N3CCN4CCOCC4C3)cn2)cc1C. The summed E-state index contributed by atoms with van der Waals surface area (Å²) in [5.41, 5.74) is 3.04. The number of carbonyl (C=O) groups is 1. The number of ether oxygens (including phenoxy) is 2. The first-order valence-electron chi connectivity index (χ1n) is 9.67. The summed E-state index contributed by atoms with van der Waals surface area (Å²) in [6.07, 6.45) is 1.62. The van der Waals surface area contributed by atoms with Crippen molar-refractivity contribution < 1.29 is 14.3 Å². The Morgan fingerprint density at radius 3 is 2.86 bits per heavy atom. The van der Waals surface area contributed by atoms with Crippen molar-refractivity contribution in [1.82, 2.24) is 14.8 Å². The van der Waals surface area contributed by atoms with Crippen LogP contribution >= 0.6 is 0 Å². The molecule has 1 N–H and O–H groups in total. The second-order valence-corrected chi connectivity index (χ2v) is 7.37. The van der Waals surface area contributed by atoms with Crippen molar-refractivity contribution in [3.8, 4) is 11.6 Å². The number of morpholine rings is 1. The summed E-state index contributed by atoms with van der Waals surface area (Å²) in [6.45, 7) is 8.84. The molecule has 4 rings (SSSR count). The highest BCUT2D eigenvalue weighted by atomic mass is 16.5. The fourth-order valence-corrected chi connectivity index (χ4v) is 3.55. The molecule has 3 heterocycles. The first-order valence-corrected chi connectivity index (χ1v) is 9.67. The number of carbonyl (C=O) groups excluding carboxylic acids is 1. The first-order chi connectivity index (χ1) is 13.6. The lowest BCUT2D eigenvalue weighted by atomic mass is 10.1. The molecule has 7 heteroatoms. The van der Waals surface area contributed by atoms with Crippen LogP contribution in [0.5, 0.6) is 11.6 Å². The van der Waals surface area contributed by atoms with Gasteiger partial charge in [0.05, 0.1) is 31.1 Å². The number of hydrogen-bond donors (Lipinski definition) is 1. The molecule has 2 saturated heterocycles. The van der Waals surface area contributed by atoms with Crippen molar-refractivity contribution in [1.29, 1.82) is 0 Å². The molecule has 0 spiro atoms. The van der Waals surface area contributed by atoms with E-state index >= 15 is 0 Å². The van der Waals surface area contributed by atoms with Gasteiger partial charge in [-0.1, -0.05) is 6.07 Å². The van der Waals surface area contributed by atoms with Gasteiger partial charge in [-0.15, -0.1) is 0 Å². The molecule has 2 aliphatic rings. The average molecular weight is 382 g/mol. The largest absolute Gasteiger partial charge is 0.439 e. The summed E-state index contributed by atoms with van der Waals surface area (Å²) >= 11 is 0. The second-order valence-electron chi connectivity index (χ2n) is 7.37. The monoisotopic (exact) mass is 382 g/mol. The quantitative estimate of drug-likeness (QED) is 0.884. The molecule has 1 atom stereocenters. The Morgan fingerprint density at radius 2 is 2.07 bits per heavy atom. The number of amides is 2. The minimum absolute atomic E-state index is 0.102. The van der Waals surface area contributed by atoms with Crippen LogP contribution in [0.25, 0.3) is 0 Å². The van der Waals surface area contributed by atoms with E-state index < -0.39 is 0 Å². The van der Waals surface area contributed by atoms with Gasteiger partial charge in [0.15, 0.2) is 0 Å². The lowest BCUT2D eigenvalue weighted by molar-refractivity contribution is -0.0355. The summed E-state index contributed by atoms with van der Waals surface area (Å²) in [6, 6.07) is 9.69. The molecular weight excluding hydrogens is 356 g/mol. The highest BCUT2D eigenvalue weighted by Gasteiger charge is 2.31. The zero-order chi connectivity index (χ0) is 19.5. The minimum atomic E-state index is -0.102. The van der Waals surface area contributed by atoms with Gasteiger partial charge in [-0.3, -0.25) is 4.90 Å². The molecule has 1 aromatic heterocycles. The van der Waals surface area contributed by atoms with Crippen LogP contribution in [0.1, 0.15) is 11.1 Å².